The lowest BCUT2D eigenvalue weighted by Gasteiger charge is -2.07. The Labute approximate surface area is 163 Å². The first-order chi connectivity index (χ1) is 13.5. The second-order valence-corrected chi connectivity index (χ2v) is 6.34. The fourth-order valence-corrected chi connectivity index (χ4v) is 2.57. The summed E-state index contributed by atoms with van der Waals surface area (Å²) in [6, 6.07) is 13.3. The Morgan fingerprint density at radius 3 is 2.39 bits per heavy atom. The molecule has 3 rings (SSSR count). The van der Waals surface area contributed by atoms with Crippen LogP contribution in [-0.4, -0.2) is 29.3 Å². The summed E-state index contributed by atoms with van der Waals surface area (Å²) in [6.45, 7) is 6.47. The maximum atomic E-state index is 12.0. The molecule has 3 aromatic rings. The molecule has 1 heterocycles. The van der Waals surface area contributed by atoms with Gasteiger partial charge in [0.05, 0.1) is 13.0 Å². The number of amides is 1. The molecule has 7 heteroatoms. The van der Waals surface area contributed by atoms with Gasteiger partial charge >= 0.3 is 6.01 Å². The Morgan fingerprint density at radius 1 is 1.00 bits per heavy atom. The van der Waals surface area contributed by atoms with Crippen molar-refractivity contribution in [2.75, 3.05) is 18.5 Å². The molecule has 1 aromatic heterocycles. The maximum Gasteiger partial charge on any atom is 0.322 e. The molecule has 1 amide bonds. The molecule has 0 fully saturated rings. The predicted molar refractivity (Wildman–Crippen MR) is 105 cm³/mol. The van der Waals surface area contributed by atoms with E-state index < -0.39 is 0 Å². The van der Waals surface area contributed by atoms with E-state index in [0.29, 0.717) is 24.7 Å². The molecule has 0 unspecified atom stereocenters. The molecule has 0 aliphatic heterocycles. The summed E-state index contributed by atoms with van der Waals surface area (Å²) in [5, 5.41) is 10.4. The summed E-state index contributed by atoms with van der Waals surface area (Å²) in [5.41, 5.74) is 3.51. The third-order valence-corrected chi connectivity index (χ3v) is 4.14. The molecule has 1 N–H and O–H groups in total. The van der Waals surface area contributed by atoms with Crippen LogP contribution < -0.4 is 14.8 Å². The van der Waals surface area contributed by atoms with E-state index in [1.165, 1.54) is 11.1 Å². The first kappa shape index (κ1) is 19.4. The van der Waals surface area contributed by atoms with Crippen molar-refractivity contribution in [3.05, 3.63) is 65.0 Å². The van der Waals surface area contributed by atoms with Crippen LogP contribution in [0.1, 0.15) is 29.5 Å². The standard InChI is InChI=1S/C21H23N3O4/c1-4-26-17-7-9-18(10-8-17)27-13-19(25)22-21-24-23-20(28-21)12-16-6-5-14(2)15(3)11-16/h5-11H,4,12-13H2,1-3H3,(H,22,24,25). The lowest BCUT2D eigenvalue weighted by atomic mass is 10.0. The zero-order chi connectivity index (χ0) is 19.9. The number of hydrogen-bond donors (Lipinski definition) is 1. The van der Waals surface area contributed by atoms with Crippen LogP contribution in [0.3, 0.4) is 0 Å². The van der Waals surface area contributed by atoms with Crippen molar-refractivity contribution < 1.29 is 18.7 Å². The second kappa shape index (κ2) is 9.03. The van der Waals surface area contributed by atoms with Crippen LogP contribution in [0.5, 0.6) is 11.5 Å². The van der Waals surface area contributed by atoms with Gasteiger partial charge in [0.2, 0.25) is 5.89 Å². The summed E-state index contributed by atoms with van der Waals surface area (Å²) < 4.78 is 16.3. The molecule has 0 spiro atoms. The second-order valence-electron chi connectivity index (χ2n) is 6.34. The van der Waals surface area contributed by atoms with E-state index in [-0.39, 0.29) is 18.5 Å². The smallest absolute Gasteiger partial charge is 0.322 e. The van der Waals surface area contributed by atoms with Gasteiger partial charge in [-0.05, 0) is 61.7 Å². The molecule has 0 aliphatic rings. The largest absolute Gasteiger partial charge is 0.494 e. The van der Waals surface area contributed by atoms with Gasteiger partial charge in [-0.2, -0.15) is 0 Å². The number of aromatic nitrogens is 2. The summed E-state index contributed by atoms with van der Waals surface area (Å²) in [7, 11) is 0. The highest BCUT2D eigenvalue weighted by atomic mass is 16.5. The maximum absolute atomic E-state index is 12.0. The lowest BCUT2D eigenvalue weighted by molar-refractivity contribution is -0.118. The van der Waals surface area contributed by atoms with Crippen molar-refractivity contribution in [2.45, 2.75) is 27.2 Å². The number of carbonyl (C=O) groups is 1. The highest BCUT2D eigenvalue weighted by Crippen LogP contribution is 2.18. The highest BCUT2D eigenvalue weighted by molar-refractivity contribution is 5.89. The third-order valence-electron chi connectivity index (χ3n) is 4.14. The van der Waals surface area contributed by atoms with Crippen molar-refractivity contribution in [3.8, 4) is 11.5 Å². The van der Waals surface area contributed by atoms with E-state index in [9.17, 15) is 4.79 Å². The van der Waals surface area contributed by atoms with Crippen molar-refractivity contribution in [2.24, 2.45) is 0 Å². The molecule has 146 valence electrons. The van der Waals surface area contributed by atoms with Crippen molar-refractivity contribution in [1.29, 1.82) is 0 Å². The minimum atomic E-state index is -0.379. The molecule has 0 aliphatic carbocycles. The van der Waals surface area contributed by atoms with Crippen LogP contribution in [-0.2, 0) is 11.2 Å². The number of hydrogen-bond acceptors (Lipinski definition) is 6. The number of anilines is 1. The van der Waals surface area contributed by atoms with Gasteiger partial charge in [-0.25, -0.2) is 0 Å². The number of aryl methyl sites for hydroxylation is 2. The first-order valence-corrected chi connectivity index (χ1v) is 9.07. The molecule has 7 nitrogen and oxygen atoms in total. The Kier molecular flexibility index (Phi) is 6.26. The molecular weight excluding hydrogens is 358 g/mol. The van der Waals surface area contributed by atoms with E-state index in [0.717, 1.165) is 11.3 Å². The summed E-state index contributed by atoms with van der Waals surface area (Å²) >= 11 is 0. The summed E-state index contributed by atoms with van der Waals surface area (Å²) in [6.07, 6.45) is 0.507. The van der Waals surface area contributed by atoms with Gasteiger partial charge in [0.25, 0.3) is 5.91 Å². The van der Waals surface area contributed by atoms with Gasteiger partial charge in [-0.1, -0.05) is 23.3 Å². The molecule has 0 bridgehead atoms. The van der Waals surface area contributed by atoms with Gasteiger partial charge < -0.3 is 13.9 Å². The predicted octanol–water partition coefficient (Wildman–Crippen LogP) is 3.69. The van der Waals surface area contributed by atoms with Crippen molar-refractivity contribution >= 4 is 11.9 Å². The van der Waals surface area contributed by atoms with E-state index in [4.69, 9.17) is 13.9 Å². The minimum Gasteiger partial charge on any atom is -0.494 e. The molecular formula is C21H23N3O4. The monoisotopic (exact) mass is 381 g/mol. The zero-order valence-corrected chi connectivity index (χ0v) is 16.2. The van der Waals surface area contributed by atoms with E-state index in [1.807, 2.05) is 13.0 Å². The van der Waals surface area contributed by atoms with Gasteiger partial charge in [0, 0.05) is 0 Å². The molecule has 0 saturated heterocycles. The first-order valence-electron chi connectivity index (χ1n) is 9.07. The lowest BCUT2D eigenvalue weighted by Crippen LogP contribution is -2.20. The average molecular weight is 381 g/mol. The van der Waals surface area contributed by atoms with Gasteiger partial charge in [0.1, 0.15) is 11.5 Å². The van der Waals surface area contributed by atoms with Crippen LogP contribution in [0.25, 0.3) is 0 Å². The van der Waals surface area contributed by atoms with Crippen LogP contribution in [0, 0.1) is 13.8 Å². The number of ether oxygens (including phenoxy) is 2. The Hall–Kier alpha value is -3.35. The van der Waals surface area contributed by atoms with E-state index in [1.54, 1.807) is 24.3 Å². The molecule has 0 saturated carbocycles. The topological polar surface area (TPSA) is 86.5 Å². The summed E-state index contributed by atoms with van der Waals surface area (Å²) in [4.78, 5) is 12.0. The Bertz CT molecular complexity index is 935. The minimum absolute atomic E-state index is 0.0547. The Balaban J connectivity index is 1.50. The van der Waals surface area contributed by atoms with Gasteiger partial charge in [-0.3, -0.25) is 10.1 Å². The van der Waals surface area contributed by atoms with Crippen molar-refractivity contribution in [3.63, 3.8) is 0 Å². The van der Waals surface area contributed by atoms with Crippen LogP contribution >= 0.6 is 0 Å². The SMILES string of the molecule is CCOc1ccc(OCC(=O)Nc2nnc(Cc3ccc(C)c(C)c3)o2)cc1. The van der Waals surface area contributed by atoms with Crippen LogP contribution in [0.15, 0.2) is 46.9 Å². The number of rotatable bonds is 8. The molecule has 28 heavy (non-hydrogen) atoms. The number of nitrogens with zero attached hydrogens (tertiary/aromatic N) is 2. The number of nitrogens with one attached hydrogen (secondary N) is 1. The average Bonchev–Trinajstić information content (AvgIpc) is 3.11. The highest BCUT2D eigenvalue weighted by Gasteiger charge is 2.11. The number of carbonyl (C=O) groups excluding carboxylic acids is 1. The number of benzene rings is 2. The fourth-order valence-electron chi connectivity index (χ4n) is 2.57. The molecule has 2 aromatic carbocycles. The zero-order valence-electron chi connectivity index (χ0n) is 16.2. The van der Waals surface area contributed by atoms with Crippen LogP contribution in [0.2, 0.25) is 0 Å². The Morgan fingerprint density at radius 2 is 1.71 bits per heavy atom. The quantitative estimate of drug-likeness (QED) is 0.640. The van der Waals surface area contributed by atoms with E-state index in [2.05, 4.69) is 41.5 Å². The van der Waals surface area contributed by atoms with Crippen LogP contribution in [0.4, 0.5) is 6.01 Å². The molecule has 0 atom stereocenters. The van der Waals surface area contributed by atoms with Gasteiger partial charge in [0.15, 0.2) is 6.61 Å². The normalized spacial score (nSPS) is 10.5. The van der Waals surface area contributed by atoms with E-state index >= 15 is 0 Å². The summed E-state index contributed by atoms with van der Waals surface area (Å²) in [5.74, 6) is 1.38. The molecule has 0 radical (unpaired) electrons. The third kappa shape index (κ3) is 5.33. The van der Waals surface area contributed by atoms with Crippen molar-refractivity contribution in [1.82, 2.24) is 10.2 Å². The fraction of sp³-hybridized carbons (Fsp3) is 0.286. The van der Waals surface area contributed by atoms with Gasteiger partial charge in [-0.15, -0.1) is 5.10 Å².